The Morgan fingerprint density at radius 1 is 1.69 bits per heavy atom. The molecule has 5 heteroatoms. The van der Waals surface area contributed by atoms with Gasteiger partial charge in [-0.05, 0) is 6.54 Å². The van der Waals surface area contributed by atoms with Crippen LogP contribution in [0, 0.1) is 0 Å². The van der Waals surface area contributed by atoms with Crippen LogP contribution < -0.4 is 5.32 Å². The predicted molar refractivity (Wildman–Crippen MR) is 46.4 cm³/mol. The first-order valence-electron chi connectivity index (χ1n) is 3.98. The van der Waals surface area contributed by atoms with Gasteiger partial charge >= 0.3 is 5.97 Å². The van der Waals surface area contributed by atoms with E-state index in [0.29, 0.717) is 12.2 Å². The number of aromatic nitrogens is 2. The Hall–Kier alpha value is -1.49. The van der Waals surface area contributed by atoms with Crippen LogP contribution in [0.25, 0.3) is 0 Å². The van der Waals surface area contributed by atoms with Gasteiger partial charge in [0.1, 0.15) is 11.9 Å². The SMILES string of the molecule is CCNCc1ncncc1C(=O)O. The number of nitrogens with one attached hydrogen (secondary N) is 1. The van der Waals surface area contributed by atoms with Crippen molar-refractivity contribution in [2.45, 2.75) is 13.5 Å². The second kappa shape index (κ2) is 4.51. The molecule has 0 radical (unpaired) electrons. The number of carbonyl (C=O) groups is 1. The lowest BCUT2D eigenvalue weighted by atomic mass is 10.2. The van der Waals surface area contributed by atoms with Gasteiger partial charge < -0.3 is 10.4 Å². The normalized spacial score (nSPS) is 9.92. The van der Waals surface area contributed by atoms with Crippen LogP contribution in [0.3, 0.4) is 0 Å². The smallest absolute Gasteiger partial charge is 0.339 e. The summed E-state index contributed by atoms with van der Waals surface area (Å²) in [6, 6.07) is 0. The molecular weight excluding hydrogens is 170 g/mol. The van der Waals surface area contributed by atoms with Gasteiger partial charge in [0.25, 0.3) is 0 Å². The lowest BCUT2D eigenvalue weighted by Gasteiger charge is -2.03. The average molecular weight is 181 g/mol. The van der Waals surface area contributed by atoms with Gasteiger partial charge in [-0.3, -0.25) is 0 Å². The molecule has 0 aliphatic heterocycles. The van der Waals surface area contributed by atoms with Gasteiger partial charge in [-0.15, -0.1) is 0 Å². The van der Waals surface area contributed by atoms with Gasteiger partial charge in [-0.2, -0.15) is 0 Å². The largest absolute Gasteiger partial charge is 0.478 e. The number of hydrogen-bond donors (Lipinski definition) is 2. The van der Waals surface area contributed by atoms with Gasteiger partial charge in [0.2, 0.25) is 0 Å². The number of rotatable bonds is 4. The minimum Gasteiger partial charge on any atom is -0.478 e. The van der Waals surface area contributed by atoms with E-state index >= 15 is 0 Å². The molecule has 2 N–H and O–H groups in total. The lowest BCUT2D eigenvalue weighted by Crippen LogP contribution is -2.16. The van der Waals surface area contributed by atoms with Crippen molar-refractivity contribution in [3.05, 3.63) is 23.8 Å². The zero-order valence-corrected chi connectivity index (χ0v) is 7.32. The Kier molecular flexibility index (Phi) is 3.33. The minimum atomic E-state index is -0.992. The highest BCUT2D eigenvalue weighted by atomic mass is 16.4. The van der Waals surface area contributed by atoms with E-state index in [2.05, 4.69) is 15.3 Å². The van der Waals surface area contributed by atoms with Crippen molar-refractivity contribution >= 4 is 5.97 Å². The Morgan fingerprint density at radius 3 is 3.08 bits per heavy atom. The maximum absolute atomic E-state index is 10.7. The van der Waals surface area contributed by atoms with E-state index in [9.17, 15) is 4.79 Å². The third-order valence-electron chi connectivity index (χ3n) is 1.57. The lowest BCUT2D eigenvalue weighted by molar-refractivity contribution is 0.0694. The van der Waals surface area contributed by atoms with Crippen molar-refractivity contribution < 1.29 is 9.90 Å². The van der Waals surface area contributed by atoms with Crippen LogP contribution in [0.15, 0.2) is 12.5 Å². The minimum absolute atomic E-state index is 0.156. The number of hydrogen-bond acceptors (Lipinski definition) is 4. The van der Waals surface area contributed by atoms with Crippen molar-refractivity contribution in [3.63, 3.8) is 0 Å². The standard InChI is InChI=1S/C8H11N3O2/c1-2-9-4-7-6(8(12)13)3-10-5-11-7/h3,5,9H,2,4H2,1H3,(H,12,13). The summed E-state index contributed by atoms with van der Waals surface area (Å²) in [5.74, 6) is -0.992. The average Bonchev–Trinajstić information content (AvgIpc) is 2.15. The van der Waals surface area contributed by atoms with Crippen molar-refractivity contribution in [2.75, 3.05) is 6.54 Å². The first-order valence-corrected chi connectivity index (χ1v) is 3.98. The molecule has 0 saturated heterocycles. The maximum Gasteiger partial charge on any atom is 0.339 e. The number of nitrogens with zero attached hydrogens (tertiary/aromatic N) is 2. The number of aromatic carboxylic acids is 1. The highest BCUT2D eigenvalue weighted by molar-refractivity contribution is 5.88. The van der Waals surface area contributed by atoms with Crippen LogP contribution in [0.5, 0.6) is 0 Å². The molecule has 1 aromatic heterocycles. The summed E-state index contributed by atoms with van der Waals surface area (Å²) < 4.78 is 0. The molecular formula is C8H11N3O2. The highest BCUT2D eigenvalue weighted by Gasteiger charge is 2.09. The summed E-state index contributed by atoms with van der Waals surface area (Å²) in [5.41, 5.74) is 0.674. The zero-order valence-electron chi connectivity index (χ0n) is 7.32. The van der Waals surface area contributed by atoms with Crippen molar-refractivity contribution in [3.8, 4) is 0 Å². The first-order chi connectivity index (χ1) is 6.25. The fourth-order valence-electron chi connectivity index (χ4n) is 0.918. The van der Waals surface area contributed by atoms with Crippen LogP contribution in [0.1, 0.15) is 23.0 Å². The van der Waals surface area contributed by atoms with Gasteiger partial charge in [-0.25, -0.2) is 14.8 Å². The molecule has 0 atom stereocenters. The topological polar surface area (TPSA) is 75.1 Å². The molecule has 0 aliphatic carbocycles. The Labute approximate surface area is 75.8 Å². The number of carboxylic acids is 1. The molecule has 0 amide bonds. The van der Waals surface area contributed by atoms with Crippen molar-refractivity contribution in [1.29, 1.82) is 0 Å². The van der Waals surface area contributed by atoms with Crippen LogP contribution in [0.4, 0.5) is 0 Å². The molecule has 0 bridgehead atoms. The Bertz CT molecular complexity index is 301. The quantitative estimate of drug-likeness (QED) is 0.698. The monoisotopic (exact) mass is 181 g/mol. The summed E-state index contributed by atoms with van der Waals surface area (Å²) in [5, 5.41) is 11.8. The van der Waals surface area contributed by atoms with Gasteiger partial charge in [0.05, 0.1) is 5.69 Å². The van der Waals surface area contributed by atoms with Crippen LogP contribution in [-0.4, -0.2) is 27.6 Å². The second-order valence-electron chi connectivity index (χ2n) is 2.47. The second-order valence-corrected chi connectivity index (χ2v) is 2.47. The fraction of sp³-hybridized carbons (Fsp3) is 0.375. The summed E-state index contributed by atoms with van der Waals surface area (Å²) in [6.07, 6.45) is 2.65. The van der Waals surface area contributed by atoms with E-state index < -0.39 is 5.97 Å². The molecule has 0 unspecified atom stereocenters. The van der Waals surface area contributed by atoms with Gasteiger partial charge in [0.15, 0.2) is 0 Å². The molecule has 1 aromatic rings. The van der Waals surface area contributed by atoms with E-state index in [4.69, 9.17) is 5.11 Å². The van der Waals surface area contributed by atoms with E-state index in [1.54, 1.807) is 0 Å². The van der Waals surface area contributed by atoms with Gasteiger partial charge in [0, 0.05) is 12.7 Å². The fourth-order valence-corrected chi connectivity index (χ4v) is 0.918. The van der Waals surface area contributed by atoms with E-state index in [1.165, 1.54) is 12.5 Å². The molecule has 0 spiro atoms. The summed E-state index contributed by atoms with van der Waals surface area (Å²) in [6.45, 7) is 3.19. The maximum atomic E-state index is 10.7. The van der Waals surface area contributed by atoms with E-state index in [1.807, 2.05) is 6.92 Å². The van der Waals surface area contributed by atoms with Crippen LogP contribution in [-0.2, 0) is 6.54 Å². The first kappa shape index (κ1) is 9.60. The highest BCUT2D eigenvalue weighted by Crippen LogP contribution is 2.02. The molecule has 0 aromatic carbocycles. The van der Waals surface area contributed by atoms with E-state index in [-0.39, 0.29) is 5.56 Å². The molecule has 13 heavy (non-hydrogen) atoms. The Balaban J connectivity index is 2.84. The summed E-state index contributed by atoms with van der Waals surface area (Å²) >= 11 is 0. The van der Waals surface area contributed by atoms with Crippen molar-refractivity contribution in [1.82, 2.24) is 15.3 Å². The molecule has 0 saturated carbocycles. The molecule has 0 fully saturated rings. The third kappa shape index (κ3) is 2.48. The zero-order chi connectivity index (χ0) is 9.68. The molecule has 1 heterocycles. The molecule has 70 valence electrons. The summed E-state index contributed by atoms with van der Waals surface area (Å²) in [4.78, 5) is 18.2. The number of carboxylic acid groups (broad SMARTS) is 1. The molecule has 0 aliphatic rings. The Morgan fingerprint density at radius 2 is 2.46 bits per heavy atom. The van der Waals surface area contributed by atoms with E-state index in [0.717, 1.165) is 6.54 Å². The van der Waals surface area contributed by atoms with Crippen LogP contribution >= 0.6 is 0 Å². The van der Waals surface area contributed by atoms with Gasteiger partial charge in [-0.1, -0.05) is 6.92 Å². The molecule has 1 rings (SSSR count). The third-order valence-corrected chi connectivity index (χ3v) is 1.57. The predicted octanol–water partition coefficient (Wildman–Crippen LogP) is 0.284. The molecule has 5 nitrogen and oxygen atoms in total. The van der Waals surface area contributed by atoms with Crippen LogP contribution in [0.2, 0.25) is 0 Å². The summed E-state index contributed by atoms with van der Waals surface area (Å²) in [7, 11) is 0. The van der Waals surface area contributed by atoms with Crippen molar-refractivity contribution in [2.24, 2.45) is 0 Å².